The zero-order valence-electron chi connectivity index (χ0n) is 10.3. The van der Waals surface area contributed by atoms with Gasteiger partial charge in [0.05, 0.1) is 30.9 Å². The molecule has 1 aromatic rings. The van der Waals surface area contributed by atoms with Crippen molar-refractivity contribution in [3.8, 4) is 0 Å². The molecule has 0 radical (unpaired) electrons. The van der Waals surface area contributed by atoms with Crippen molar-refractivity contribution in [1.82, 2.24) is 0 Å². The molecule has 0 aliphatic heterocycles. The molecule has 0 fully saturated rings. The number of methoxy groups -OCH3 is 1. The van der Waals surface area contributed by atoms with Gasteiger partial charge >= 0.3 is 11.9 Å². The number of aliphatic hydroxyl groups is 2. The summed E-state index contributed by atoms with van der Waals surface area (Å²) >= 11 is 0. The van der Waals surface area contributed by atoms with Gasteiger partial charge in [0.25, 0.3) is 0 Å². The number of carboxylic acid groups (broad SMARTS) is 1. The van der Waals surface area contributed by atoms with Gasteiger partial charge < -0.3 is 25.4 Å². The maximum Gasteiger partial charge on any atom is 0.339 e. The first-order valence-electron chi connectivity index (χ1n) is 5.48. The summed E-state index contributed by atoms with van der Waals surface area (Å²) in [6, 6.07) is 3.86. The third kappa shape index (κ3) is 3.94. The minimum atomic E-state index is -1.14. The second-order valence-electron chi connectivity index (χ2n) is 3.77. The van der Waals surface area contributed by atoms with Crippen molar-refractivity contribution in [1.29, 1.82) is 0 Å². The second kappa shape index (κ2) is 6.72. The molecular formula is C12H15NO6. The summed E-state index contributed by atoms with van der Waals surface area (Å²) in [4.78, 5) is 22.4. The number of nitrogens with one attached hydrogen (secondary N) is 1. The van der Waals surface area contributed by atoms with Gasteiger partial charge in [-0.2, -0.15) is 0 Å². The lowest BCUT2D eigenvalue weighted by Crippen LogP contribution is -2.24. The number of anilines is 1. The first-order valence-corrected chi connectivity index (χ1v) is 5.48. The van der Waals surface area contributed by atoms with Crippen molar-refractivity contribution in [3.63, 3.8) is 0 Å². The lowest BCUT2D eigenvalue weighted by atomic mass is 10.1. The van der Waals surface area contributed by atoms with Crippen molar-refractivity contribution in [2.75, 3.05) is 25.6 Å². The first-order chi connectivity index (χ1) is 8.99. The Bertz CT molecular complexity index is 473. The van der Waals surface area contributed by atoms with Gasteiger partial charge in [0.15, 0.2) is 0 Å². The summed E-state index contributed by atoms with van der Waals surface area (Å²) in [7, 11) is 1.21. The van der Waals surface area contributed by atoms with Crippen LogP contribution in [0.2, 0.25) is 0 Å². The molecule has 1 rings (SSSR count). The Kier molecular flexibility index (Phi) is 5.28. The Hall–Kier alpha value is -2.12. The maximum absolute atomic E-state index is 11.5. The first kappa shape index (κ1) is 14.9. The molecule has 1 aromatic carbocycles. The van der Waals surface area contributed by atoms with Crippen LogP contribution in [0.3, 0.4) is 0 Å². The number of carboxylic acids is 1. The number of hydrogen-bond donors (Lipinski definition) is 4. The third-order valence-electron chi connectivity index (χ3n) is 2.41. The third-order valence-corrected chi connectivity index (χ3v) is 2.41. The molecule has 0 saturated carbocycles. The number of esters is 1. The summed E-state index contributed by atoms with van der Waals surface area (Å²) in [5, 5.41) is 29.5. The van der Waals surface area contributed by atoms with Crippen LogP contribution in [-0.4, -0.2) is 53.6 Å². The number of hydrogen-bond acceptors (Lipinski definition) is 6. The van der Waals surface area contributed by atoms with E-state index in [-0.39, 0.29) is 23.4 Å². The molecule has 0 heterocycles. The number of benzene rings is 1. The molecule has 0 bridgehead atoms. The predicted octanol–water partition coefficient (Wildman–Crippen LogP) is -0.0635. The van der Waals surface area contributed by atoms with Crippen LogP contribution < -0.4 is 5.32 Å². The molecule has 4 N–H and O–H groups in total. The number of rotatable bonds is 6. The molecule has 7 nitrogen and oxygen atoms in total. The van der Waals surface area contributed by atoms with Gasteiger partial charge in [-0.3, -0.25) is 0 Å². The Labute approximate surface area is 109 Å². The summed E-state index contributed by atoms with van der Waals surface area (Å²) < 4.78 is 4.57. The molecule has 0 aliphatic rings. The number of carbonyl (C=O) groups is 2. The van der Waals surface area contributed by atoms with E-state index in [1.807, 2.05) is 0 Å². The molecule has 1 unspecified atom stereocenters. The second-order valence-corrected chi connectivity index (χ2v) is 3.77. The SMILES string of the molecule is COC(=O)c1ccc(C(=O)O)cc1NCC(O)CO. The topological polar surface area (TPSA) is 116 Å². The van der Waals surface area contributed by atoms with Crippen molar-refractivity contribution >= 4 is 17.6 Å². The standard InChI is InChI=1S/C12H15NO6/c1-19-12(18)9-3-2-7(11(16)17)4-10(9)13-5-8(15)6-14/h2-4,8,13-15H,5-6H2,1H3,(H,16,17). The van der Waals surface area contributed by atoms with Gasteiger partial charge in [-0.25, -0.2) is 9.59 Å². The lowest BCUT2D eigenvalue weighted by molar-refractivity contribution is 0.0599. The highest BCUT2D eigenvalue weighted by atomic mass is 16.5. The largest absolute Gasteiger partial charge is 0.478 e. The zero-order chi connectivity index (χ0) is 14.4. The summed E-state index contributed by atoms with van der Waals surface area (Å²) in [6.45, 7) is -0.469. The van der Waals surface area contributed by atoms with Gasteiger partial charge in [-0.1, -0.05) is 0 Å². The van der Waals surface area contributed by atoms with E-state index in [9.17, 15) is 14.7 Å². The molecule has 1 atom stereocenters. The normalized spacial score (nSPS) is 11.7. The van der Waals surface area contributed by atoms with Gasteiger partial charge in [0.1, 0.15) is 0 Å². The predicted molar refractivity (Wildman–Crippen MR) is 66.3 cm³/mol. The fourth-order valence-electron chi connectivity index (χ4n) is 1.40. The van der Waals surface area contributed by atoms with E-state index in [1.54, 1.807) is 0 Å². The summed E-state index contributed by atoms with van der Waals surface area (Å²) in [5.41, 5.74) is 0.366. The number of aromatic carboxylic acids is 1. The van der Waals surface area contributed by atoms with E-state index in [0.29, 0.717) is 0 Å². The van der Waals surface area contributed by atoms with Crippen LogP contribution in [0.1, 0.15) is 20.7 Å². The van der Waals surface area contributed by atoms with Crippen LogP contribution in [0, 0.1) is 0 Å². The van der Waals surface area contributed by atoms with E-state index in [0.717, 1.165) is 0 Å². The fraction of sp³-hybridized carbons (Fsp3) is 0.333. The summed E-state index contributed by atoms with van der Waals surface area (Å²) in [6.07, 6.45) is -1.01. The van der Waals surface area contributed by atoms with Crippen LogP contribution in [0.15, 0.2) is 18.2 Å². The van der Waals surface area contributed by atoms with Crippen LogP contribution in [-0.2, 0) is 4.74 Å². The summed E-state index contributed by atoms with van der Waals surface area (Å²) in [5.74, 6) is -1.76. The zero-order valence-corrected chi connectivity index (χ0v) is 10.3. The van der Waals surface area contributed by atoms with Crippen LogP contribution in [0.4, 0.5) is 5.69 Å². The Morgan fingerprint density at radius 1 is 1.42 bits per heavy atom. The highest BCUT2D eigenvalue weighted by molar-refractivity contribution is 5.98. The van der Waals surface area contributed by atoms with Crippen molar-refractivity contribution in [2.45, 2.75) is 6.10 Å². The molecule has 19 heavy (non-hydrogen) atoms. The van der Waals surface area contributed by atoms with Crippen LogP contribution >= 0.6 is 0 Å². The lowest BCUT2D eigenvalue weighted by Gasteiger charge is -2.13. The van der Waals surface area contributed by atoms with Gasteiger partial charge in [-0.05, 0) is 18.2 Å². The minimum Gasteiger partial charge on any atom is -0.478 e. The Morgan fingerprint density at radius 2 is 2.11 bits per heavy atom. The van der Waals surface area contributed by atoms with Crippen molar-refractivity contribution < 1.29 is 29.6 Å². The van der Waals surface area contributed by atoms with Crippen molar-refractivity contribution in [2.24, 2.45) is 0 Å². The van der Waals surface area contributed by atoms with E-state index in [1.165, 1.54) is 25.3 Å². The molecule has 0 aromatic heterocycles. The van der Waals surface area contributed by atoms with E-state index < -0.39 is 24.6 Å². The van der Waals surface area contributed by atoms with Crippen LogP contribution in [0.5, 0.6) is 0 Å². The minimum absolute atomic E-state index is 0.00589. The number of ether oxygens (including phenoxy) is 1. The highest BCUT2D eigenvalue weighted by Crippen LogP contribution is 2.19. The van der Waals surface area contributed by atoms with Gasteiger partial charge in [0, 0.05) is 12.2 Å². The molecule has 104 valence electrons. The molecule has 7 heteroatoms. The van der Waals surface area contributed by atoms with E-state index in [2.05, 4.69) is 10.1 Å². The fourth-order valence-corrected chi connectivity index (χ4v) is 1.40. The Balaban J connectivity index is 3.03. The average Bonchev–Trinajstić information content (AvgIpc) is 2.43. The average molecular weight is 269 g/mol. The van der Waals surface area contributed by atoms with Crippen molar-refractivity contribution in [3.05, 3.63) is 29.3 Å². The molecule has 0 aliphatic carbocycles. The van der Waals surface area contributed by atoms with Gasteiger partial charge in [0.2, 0.25) is 0 Å². The maximum atomic E-state index is 11.5. The Morgan fingerprint density at radius 3 is 2.63 bits per heavy atom. The number of aliphatic hydroxyl groups excluding tert-OH is 2. The monoisotopic (exact) mass is 269 g/mol. The van der Waals surface area contributed by atoms with E-state index in [4.69, 9.17) is 10.2 Å². The van der Waals surface area contributed by atoms with Gasteiger partial charge in [-0.15, -0.1) is 0 Å². The quantitative estimate of drug-likeness (QED) is 0.534. The highest BCUT2D eigenvalue weighted by Gasteiger charge is 2.15. The smallest absolute Gasteiger partial charge is 0.339 e. The van der Waals surface area contributed by atoms with Crippen LogP contribution in [0.25, 0.3) is 0 Å². The van der Waals surface area contributed by atoms with E-state index >= 15 is 0 Å². The molecule has 0 saturated heterocycles. The molecule has 0 amide bonds. The molecule has 0 spiro atoms. The number of carbonyl (C=O) groups excluding carboxylic acids is 1. The molecular weight excluding hydrogens is 254 g/mol.